The van der Waals surface area contributed by atoms with E-state index in [4.69, 9.17) is 6.57 Å². The van der Waals surface area contributed by atoms with Crippen molar-refractivity contribution in [3.63, 3.8) is 0 Å². The molecular formula is C5H8FN. The van der Waals surface area contributed by atoms with E-state index in [1.165, 1.54) is 0 Å². The van der Waals surface area contributed by atoms with Crippen molar-refractivity contribution in [2.45, 2.75) is 19.4 Å². The number of hydrogen-bond donors (Lipinski definition) is 0. The molecule has 0 saturated carbocycles. The summed E-state index contributed by atoms with van der Waals surface area (Å²) in [6, 6.07) is -0.134. The molecule has 0 bridgehead atoms. The second-order valence-corrected chi connectivity index (χ2v) is 1.46. The van der Waals surface area contributed by atoms with Crippen LogP contribution in [0.5, 0.6) is 0 Å². The molecule has 0 amide bonds. The van der Waals surface area contributed by atoms with E-state index in [9.17, 15) is 4.39 Å². The van der Waals surface area contributed by atoms with Crippen molar-refractivity contribution < 1.29 is 4.39 Å². The maximum Gasteiger partial charge on any atom is 0.223 e. The highest BCUT2D eigenvalue weighted by atomic mass is 19.1. The van der Waals surface area contributed by atoms with Gasteiger partial charge in [0.25, 0.3) is 0 Å². The first-order valence-corrected chi connectivity index (χ1v) is 2.23. The average molecular weight is 101 g/mol. The molecule has 0 saturated heterocycles. The Hall–Kier alpha value is -0.580. The minimum absolute atomic E-state index is 0.134. The Labute approximate surface area is 43.0 Å². The fourth-order valence-corrected chi connectivity index (χ4v) is 0.222. The van der Waals surface area contributed by atoms with Gasteiger partial charge in [0.2, 0.25) is 6.04 Å². The van der Waals surface area contributed by atoms with Crippen LogP contribution in [0.1, 0.15) is 13.3 Å². The third-order valence-electron chi connectivity index (χ3n) is 0.747. The summed E-state index contributed by atoms with van der Waals surface area (Å²) in [6.07, 6.45) is 0.378. The first-order chi connectivity index (χ1) is 3.31. The molecule has 0 aliphatic heterocycles. The van der Waals surface area contributed by atoms with Crippen LogP contribution < -0.4 is 0 Å². The maximum atomic E-state index is 11.3. The molecule has 0 radical (unpaired) electrons. The Bertz CT molecular complexity index is 74.6. The van der Waals surface area contributed by atoms with Crippen molar-refractivity contribution in [3.05, 3.63) is 11.4 Å². The zero-order chi connectivity index (χ0) is 5.70. The van der Waals surface area contributed by atoms with Crippen molar-refractivity contribution >= 4 is 0 Å². The molecule has 1 nitrogen and oxygen atoms in total. The molecule has 0 fully saturated rings. The third-order valence-corrected chi connectivity index (χ3v) is 0.747. The van der Waals surface area contributed by atoms with Crippen LogP contribution in [0.25, 0.3) is 4.85 Å². The van der Waals surface area contributed by atoms with E-state index in [1.807, 2.05) is 0 Å². The van der Waals surface area contributed by atoms with Crippen LogP contribution in [0.2, 0.25) is 0 Å². The zero-order valence-corrected chi connectivity index (χ0v) is 4.32. The lowest BCUT2D eigenvalue weighted by atomic mass is 10.3. The predicted molar refractivity (Wildman–Crippen MR) is 26.7 cm³/mol. The largest absolute Gasteiger partial charge is 0.314 e. The van der Waals surface area contributed by atoms with Gasteiger partial charge >= 0.3 is 0 Å². The molecule has 0 heterocycles. The normalized spacial score (nSPS) is 12.7. The van der Waals surface area contributed by atoms with E-state index in [2.05, 4.69) is 4.85 Å². The van der Waals surface area contributed by atoms with E-state index in [1.54, 1.807) is 6.92 Å². The Balaban J connectivity index is 3.04. The van der Waals surface area contributed by atoms with Crippen molar-refractivity contribution in [2.75, 3.05) is 6.67 Å². The molecule has 0 spiro atoms. The topological polar surface area (TPSA) is 4.36 Å². The van der Waals surface area contributed by atoms with Crippen molar-refractivity contribution in [1.29, 1.82) is 0 Å². The molecule has 0 rings (SSSR count). The third kappa shape index (κ3) is 3.24. The second-order valence-electron chi connectivity index (χ2n) is 1.46. The standard InChI is InChI=1S/C5H8FN/c1-5(7-2)3-4-6/h5H,3-4H2,1H3. The number of nitrogens with zero attached hydrogens (tertiary/aromatic N) is 1. The molecule has 0 aromatic rings. The Kier molecular flexibility index (Phi) is 3.31. The molecule has 0 N–H and O–H groups in total. The van der Waals surface area contributed by atoms with Gasteiger partial charge < -0.3 is 4.85 Å². The summed E-state index contributed by atoms with van der Waals surface area (Å²) in [5.74, 6) is 0. The number of alkyl halides is 1. The van der Waals surface area contributed by atoms with Crippen LogP contribution in [0.4, 0.5) is 4.39 Å². The Morgan fingerprint density at radius 1 is 1.86 bits per heavy atom. The molecule has 0 aromatic carbocycles. The lowest BCUT2D eigenvalue weighted by molar-refractivity contribution is 0.461. The summed E-state index contributed by atoms with van der Waals surface area (Å²) in [4.78, 5) is 3.09. The van der Waals surface area contributed by atoms with Gasteiger partial charge in [-0.2, -0.15) is 0 Å². The van der Waals surface area contributed by atoms with Gasteiger partial charge in [-0.05, 0) is 0 Å². The summed E-state index contributed by atoms with van der Waals surface area (Å²) in [6.45, 7) is 7.71. The van der Waals surface area contributed by atoms with Crippen molar-refractivity contribution in [3.8, 4) is 0 Å². The van der Waals surface area contributed by atoms with Crippen LogP contribution >= 0.6 is 0 Å². The lowest BCUT2D eigenvalue weighted by Gasteiger charge is -1.88. The molecule has 2 heteroatoms. The quantitative estimate of drug-likeness (QED) is 0.466. The maximum absolute atomic E-state index is 11.3. The summed E-state index contributed by atoms with van der Waals surface area (Å²) >= 11 is 0. The summed E-state index contributed by atoms with van der Waals surface area (Å²) in [5.41, 5.74) is 0. The number of halogens is 1. The SMILES string of the molecule is [C-]#[N+]C(C)CCF. The van der Waals surface area contributed by atoms with E-state index in [-0.39, 0.29) is 12.7 Å². The highest BCUT2D eigenvalue weighted by Crippen LogP contribution is 1.94. The van der Waals surface area contributed by atoms with Gasteiger partial charge in [0.15, 0.2) is 0 Å². The molecule has 40 valence electrons. The second kappa shape index (κ2) is 3.60. The summed E-state index contributed by atoms with van der Waals surface area (Å²) in [7, 11) is 0. The molecular weight excluding hydrogens is 93.1 g/mol. The summed E-state index contributed by atoms with van der Waals surface area (Å²) < 4.78 is 11.3. The predicted octanol–water partition coefficient (Wildman–Crippen LogP) is 1.65. The Morgan fingerprint density at radius 2 is 2.43 bits per heavy atom. The van der Waals surface area contributed by atoms with Crippen LogP contribution in [0.3, 0.4) is 0 Å². The molecule has 1 unspecified atom stereocenters. The van der Waals surface area contributed by atoms with Crippen LogP contribution in [0, 0.1) is 6.57 Å². The Morgan fingerprint density at radius 3 is 2.57 bits per heavy atom. The first kappa shape index (κ1) is 6.42. The fourth-order valence-electron chi connectivity index (χ4n) is 0.222. The van der Waals surface area contributed by atoms with Gasteiger partial charge in [-0.3, -0.25) is 4.39 Å². The number of hydrogen-bond acceptors (Lipinski definition) is 0. The number of rotatable bonds is 2. The van der Waals surface area contributed by atoms with Gasteiger partial charge in [-0.25, -0.2) is 6.57 Å². The van der Waals surface area contributed by atoms with Crippen LogP contribution in [0.15, 0.2) is 0 Å². The molecule has 7 heavy (non-hydrogen) atoms. The molecule has 0 aliphatic rings. The minimum atomic E-state index is -0.371. The van der Waals surface area contributed by atoms with E-state index in [0.29, 0.717) is 6.42 Å². The fraction of sp³-hybridized carbons (Fsp3) is 0.800. The van der Waals surface area contributed by atoms with E-state index >= 15 is 0 Å². The van der Waals surface area contributed by atoms with Gasteiger partial charge in [0, 0.05) is 6.92 Å². The van der Waals surface area contributed by atoms with E-state index < -0.39 is 0 Å². The average Bonchev–Trinajstić information content (AvgIpc) is 1.68. The molecule has 0 aromatic heterocycles. The van der Waals surface area contributed by atoms with Gasteiger partial charge in [0.05, 0.1) is 13.1 Å². The van der Waals surface area contributed by atoms with Crippen molar-refractivity contribution in [1.82, 2.24) is 0 Å². The van der Waals surface area contributed by atoms with Crippen molar-refractivity contribution in [2.24, 2.45) is 0 Å². The monoisotopic (exact) mass is 101 g/mol. The molecule has 0 aliphatic carbocycles. The van der Waals surface area contributed by atoms with Crippen LogP contribution in [-0.4, -0.2) is 12.7 Å². The van der Waals surface area contributed by atoms with Gasteiger partial charge in [-0.15, -0.1) is 0 Å². The summed E-state index contributed by atoms with van der Waals surface area (Å²) in [5, 5.41) is 0. The minimum Gasteiger partial charge on any atom is -0.314 e. The van der Waals surface area contributed by atoms with E-state index in [0.717, 1.165) is 0 Å². The highest BCUT2D eigenvalue weighted by Gasteiger charge is 1.99. The lowest BCUT2D eigenvalue weighted by Crippen LogP contribution is -1.93. The first-order valence-electron chi connectivity index (χ1n) is 2.23. The molecule has 1 atom stereocenters. The highest BCUT2D eigenvalue weighted by molar-refractivity contribution is 4.71. The smallest absolute Gasteiger partial charge is 0.223 e. The zero-order valence-electron chi connectivity index (χ0n) is 4.32. The van der Waals surface area contributed by atoms with Crippen LogP contribution in [-0.2, 0) is 0 Å². The van der Waals surface area contributed by atoms with Gasteiger partial charge in [-0.1, -0.05) is 0 Å². The van der Waals surface area contributed by atoms with Gasteiger partial charge in [0.1, 0.15) is 0 Å².